The quantitative estimate of drug-likeness (QED) is 0.571. The van der Waals surface area contributed by atoms with Crippen molar-refractivity contribution in [1.82, 2.24) is 5.32 Å². The van der Waals surface area contributed by atoms with Gasteiger partial charge in [-0.2, -0.15) is 0 Å². The SMILES string of the molecule is CC(C)NC(N)=NCC1COC2(CCCC2)O1. The Morgan fingerprint density at radius 3 is 2.82 bits per heavy atom. The van der Waals surface area contributed by atoms with Crippen molar-refractivity contribution in [3.05, 3.63) is 0 Å². The Morgan fingerprint density at radius 2 is 2.18 bits per heavy atom. The van der Waals surface area contributed by atoms with Gasteiger partial charge in [0.2, 0.25) is 0 Å². The number of hydrogen-bond donors (Lipinski definition) is 2. The maximum atomic E-state index is 5.95. The number of rotatable bonds is 3. The van der Waals surface area contributed by atoms with Crippen molar-refractivity contribution in [2.45, 2.75) is 57.5 Å². The lowest BCUT2D eigenvalue weighted by Gasteiger charge is -2.21. The summed E-state index contributed by atoms with van der Waals surface area (Å²) in [5.74, 6) is 0.191. The highest BCUT2D eigenvalue weighted by Crippen LogP contribution is 2.39. The van der Waals surface area contributed by atoms with Gasteiger partial charge < -0.3 is 20.5 Å². The lowest BCUT2D eigenvalue weighted by molar-refractivity contribution is -0.160. The average molecular weight is 241 g/mol. The molecule has 5 nitrogen and oxygen atoms in total. The molecule has 0 bridgehead atoms. The molecule has 0 radical (unpaired) electrons. The summed E-state index contributed by atoms with van der Waals surface area (Å²) in [5.41, 5.74) is 5.74. The minimum absolute atomic E-state index is 0.0561. The molecule has 1 aliphatic heterocycles. The summed E-state index contributed by atoms with van der Waals surface area (Å²) in [6.45, 7) is 5.28. The van der Waals surface area contributed by atoms with Crippen molar-refractivity contribution in [1.29, 1.82) is 0 Å². The van der Waals surface area contributed by atoms with Crippen LogP contribution in [0.4, 0.5) is 0 Å². The fourth-order valence-corrected chi connectivity index (χ4v) is 2.42. The standard InChI is InChI=1S/C12H23N3O2/c1-9(2)15-11(13)14-7-10-8-16-12(17-10)5-3-4-6-12/h9-10H,3-8H2,1-2H3,(H3,13,14,15). The zero-order valence-corrected chi connectivity index (χ0v) is 10.7. The lowest BCUT2D eigenvalue weighted by atomic mass is 10.2. The van der Waals surface area contributed by atoms with Crippen molar-refractivity contribution < 1.29 is 9.47 Å². The largest absolute Gasteiger partial charge is 0.370 e. The van der Waals surface area contributed by atoms with Crippen LogP contribution in [0.2, 0.25) is 0 Å². The molecule has 1 unspecified atom stereocenters. The van der Waals surface area contributed by atoms with E-state index in [1.807, 2.05) is 13.8 Å². The van der Waals surface area contributed by atoms with E-state index < -0.39 is 0 Å². The highest BCUT2D eigenvalue weighted by atomic mass is 16.7. The molecule has 1 spiro atoms. The van der Waals surface area contributed by atoms with Crippen LogP contribution in [0, 0.1) is 0 Å². The van der Waals surface area contributed by atoms with E-state index in [9.17, 15) is 0 Å². The van der Waals surface area contributed by atoms with Crippen LogP contribution < -0.4 is 11.1 Å². The first-order valence-corrected chi connectivity index (χ1v) is 6.48. The minimum Gasteiger partial charge on any atom is -0.370 e. The molecular formula is C12H23N3O2. The Bertz CT molecular complexity index is 285. The van der Waals surface area contributed by atoms with Gasteiger partial charge in [-0.25, -0.2) is 0 Å². The van der Waals surface area contributed by atoms with Gasteiger partial charge in [-0.3, -0.25) is 4.99 Å². The Labute approximate surface area is 103 Å². The summed E-state index contributed by atoms with van der Waals surface area (Å²) in [6.07, 6.45) is 4.50. The number of guanidine groups is 1. The van der Waals surface area contributed by atoms with Crippen LogP contribution in [0.25, 0.3) is 0 Å². The maximum Gasteiger partial charge on any atom is 0.188 e. The van der Waals surface area contributed by atoms with Crippen molar-refractivity contribution >= 4 is 5.96 Å². The Hall–Kier alpha value is -0.810. The third kappa shape index (κ3) is 3.33. The number of nitrogens with one attached hydrogen (secondary N) is 1. The fraction of sp³-hybridized carbons (Fsp3) is 0.917. The summed E-state index contributed by atoms with van der Waals surface area (Å²) >= 11 is 0. The molecule has 2 aliphatic rings. The van der Waals surface area contributed by atoms with Gasteiger partial charge in [0.05, 0.1) is 13.2 Å². The van der Waals surface area contributed by atoms with Gasteiger partial charge in [0.15, 0.2) is 11.7 Å². The van der Waals surface area contributed by atoms with Crippen LogP contribution in [0.1, 0.15) is 39.5 Å². The Kier molecular flexibility index (Phi) is 3.89. The van der Waals surface area contributed by atoms with Gasteiger partial charge in [0.1, 0.15) is 6.10 Å². The Balaban J connectivity index is 1.78. The van der Waals surface area contributed by atoms with Crippen LogP contribution in [0.3, 0.4) is 0 Å². The monoisotopic (exact) mass is 241 g/mol. The number of aliphatic imine (C=N–C) groups is 1. The third-order valence-corrected chi connectivity index (χ3v) is 3.18. The van der Waals surface area contributed by atoms with Gasteiger partial charge in [-0.15, -0.1) is 0 Å². The van der Waals surface area contributed by atoms with Crippen LogP contribution in [0.15, 0.2) is 4.99 Å². The van der Waals surface area contributed by atoms with E-state index in [-0.39, 0.29) is 11.9 Å². The van der Waals surface area contributed by atoms with Gasteiger partial charge in [-0.05, 0) is 26.7 Å². The maximum absolute atomic E-state index is 5.95. The van der Waals surface area contributed by atoms with Gasteiger partial charge in [0, 0.05) is 18.9 Å². The van der Waals surface area contributed by atoms with E-state index in [1.54, 1.807) is 0 Å². The molecule has 1 atom stereocenters. The molecule has 2 rings (SSSR count). The normalized spacial score (nSPS) is 28.2. The summed E-state index contributed by atoms with van der Waals surface area (Å²) in [6, 6.07) is 0.306. The molecule has 0 aromatic rings. The van der Waals surface area contributed by atoms with E-state index in [2.05, 4.69) is 10.3 Å². The van der Waals surface area contributed by atoms with Gasteiger partial charge >= 0.3 is 0 Å². The molecule has 1 saturated heterocycles. The second-order valence-corrected chi connectivity index (χ2v) is 5.19. The second-order valence-electron chi connectivity index (χ2n) is 5.19. The Morgan fingerprint density at radius 1 is 1.47 bits per heavy atom. The van der Waals surface area contributed by atoms with Crippen LogP contribution in [-0.2, 0) is 9.47 Å². The first-order valence-electron chi connectivity index (χ1n) is 6.48. The van der Waals surface area contributed by atoms with Crippen LogP contribution in [-0.4, -0.2) is 37.0 Å². The molecule has 3 N–H and O–H groups in total. The van der Waals surface area contributed by atoms with E-state index in [0.717, 1.165) is 12.8 Å². The highest BCUT2D eigenvalue weighted by molar-refractivity contribution is 5.78. The van der Waals surface area contributed by atoms with Gasteiger partial charge in [0.25, 0.3) is 0 Å². The topological polar surface area (TPSA) is 68.9 Å². The number of ether oxygens (including phenoxy) is 2. The predicted molar refractivity (Wildman–Crippen MR) is 66.8 cm³/mol. The van der Waals surface area contributed by atoms with E-state index in [4.69, 9.17) is 15.2 Å². The summed E-state index contributed by atoms with van der Waals surface area (Å²) in [5, 5.41) is 3.06. The summed E-state index contributed by atoms with van der Waals surface area (Å²) < 4.78 is 11.7. The number of nitrogens with zero attached hydrogens (tertiary/aromatic N) is 1. The molecule has 2 fully saturated rings. The number of hydrogen-bond acceptors (Lipinski definition) is 3. The first kappa shape index (κ1) is 12.6. The third-order valence-electron chi connectivity index (χ3n) is 3.18. The molecule has 1 heterocycles. The summed E-state index contributed by atoms with van der Waals surface area (Å²) in [7, 11) is 0. The molecule has 17 heavy (non-hydrogen) atoms. The van der Waals surface area contributed by atoms with Crippen molar-refractivity contribution in [3.8, 4) is 0 Å². The highest BCUT2D eigenvalue weighted by Gasteiger charge is 2.43. The minimum atomic E-state index is -0.291. The second kappa shape index (κ2) is 5.23. The fourth-order valence-electron chi connectivity index (χ4n) is 2.42. The lowest BCUT2D eigenvalue weighted by Crippen LogP contribution is -2.37. The molecule has 0 aromatic carbocycles. The smallest absolute Gasteiger partial charge is 0.188 e. The average Bonchev–Trinajstić information content (AvgIpc) is 2.86. The zero-order chi connectivity index (χ0) is 12.3. The molecule has 5 heteroatoms. The van der Waals surface area contributed by atoms with Gasteiger partial charge in [-0.1, -0.05) is 0 Å². The molecule has 1 aliphatic carbocycles. The van der Waals surface area contributed by atoms with Crippen LogP contribution in [0.5, 0.6) is 0 Å². The zero-order valence-electron chi connectivity index (χ0n) is 10.7. The van der Waals surface area contributed by atoms with E-state index in [1.165, 1.54) is 12.8 Å². The van der Waals surface area contributed by atoms with E-state index in [0.29, 0.717) is 25.2 Å². The molecule has 1 saturated carbocycles. The van der Waals surface area contributed by atoms with Crippen LogP contribution >= 0.6 is 0 Å². The molecular weight excluding hydrogens is 218 g/mol. The predicted octanol–water partition coefficient (Wildman–Crippen LogP) is 0.985. The first-order chi connectivity index (χ1) is 8.10. The van der Waals surface area contributed by atoms with Crippen molar-refractivity contribution in [2.75, 3.05) is 13.2 Å². The van der Waals surface area contributed by atoms with Crippen molar-refractivity contribution in [3.63, 3.8) is 0 Å². The molecule has 0 amide bonds. The van der Waals surface area contributed by atoms with E-state index >= 15 is 0 Å². The molecule has 0 aromatic heterocycles. The van der Waals surface area contributed by atoms with Crippen molar-refractivity contribution in [2.24, 2.45) is 10.7 Å². The summed E-state index contributed by atoms with van der Waals surface area (Å²) in [4.78, 5) is 4.28. The molecule has 98 valence electrons. The number of nitrogens with two attached hydrogens (primary N) is 1.